The first-order valence-corrected chi connectivity index (χ1v) is 7.29. The monoisotopic (exact) mass is 293 g/mol. The molecule has 110 valence electrons. The number of anilines is 1. The van der Waals surface area contributed by atoms with E-state index in [-0.39, 0.29) is 10.9 Å². The second-order valence-corrected chi connectivity index (χ2v) is 5.28. The number of nitrogens with zero attached hydrogens (tertiary/aromatic N) is 1. The van der Waals surface area contributed by atoms with Crippen LogP contribution in [0.5, 0.6) is 0 Å². The van der Waals surface area contributed by atoms with E-state index in [1.807, 2.05) is 31.3 Å². The molecular formula is C15H23N3OS. The second-order valence-electron chi connectivity index (χ2n) is 4.84. The van der Waals surface area contributed by atoms with Gasteiger partial charge in [-0.3, -0.25) is 9.69 Å². The van der Waals surface area contributed by atoms with E-state index >= 15 is 0 Å². The summed E-state index contributed by atoms with van der Waals surface area (Å²) in [7, 11) is 1.97. The van der Waals surface area contributed by atoms with Gasteiger partial charge in [0.15, 0.2) is 0 Å². The van der Waals surface area contributed by atoms with Gasteiger partial charge in [0, 0.05) is 11.6 Å². The van der Waals surface area contributed by atoms with Crippen molar-refractivity contribution in [2.24, 2.45) is 5.73 Å². The minimum atomic E-state index is -0.0527. The van der Waals surface area contributed by atoms with Crippen LogP contribution in [0.4, 0.5) is 5.69 Å². The van der Waals surface area contributed by atoms with Crippen LogP contribution in [0.3, 0.4) is 0 Å². The summed E-state index contributed by atoms with van der Waals surface area (Å²) in [6.45, 7) is 4.62. The molecule has 1 amide bonds. The molecule has 0 atom stereocenters. The Morgan fingerprint density at radius 2 is 1.95 bits per heavy atom. The average molecular weight is 293 g/mol. The first-order chi connectivity index (χ1) is 9.49. The van der Waals surface area contributed by atoms with E-state index in [2.05, 4.69) is 24.1 Å². The Balaban J connectivity index is 2.70. The van der Waals surface area contributed by atoms with Gasteiger partial charge in [0.1, 0.15) is 4.99 Å². The molecule has 1 aromatic carbocycles. The summed E-state index contributed by atoms with van der Waals surface area (Å²) in [5.74, 6) is -0.0527. The highest BCUT2D eigenvalue weighted by Gasteiger charge is 2.15. The smallest absolute Gasteiger partial charge is 0.238 e. The maximum absolute atomic E-state index is 12.1. The lowest BCUT2D eigenvalue weighted by molar-refractivity contribution is -0.117. The van der Waals surface area contributed by atoms with Crippen LogP contribution in [0.15, 0.2) is 24.3 Å². The van der Waals surface area contributed by atoms with E-state index in [9.17, 15) is 4.79 Å². The molecular weight excluding hydrogens is 270 g/mol. The SMILES string of the molecule is CCC(CC)N(C)CC(=O)Nc1ccccc1C(N)=S. The predicted molar refractivity (Wildman–Crippen MR) is 88.0 cm³/mol. The van der Waals surface area contributed by atoms with Crippen LogP contribution in [-0.4, -0.2) is 35.4 Å². The fourth-order valence-corrected chi connectivity index (χ4v) is 2.44. The van der Waals surface area contributed by atoms with E-state index in [0.29, 0.717) is 23.8 Å². The molecule has 0 unspecified atom stereocenters. The lowest BCUT2D eigenvalue weighted by Crippen LogP contribution is -2.37. The van der Waals surface area contributed by atoms with E-state index in [4.69, 9.17) is 18.0 Å². The molecule has 0 aliphatic carbocycles. The zero-order chi connectivity index (χ0) is 15.1. The Labute approximate surface area is 126 Å². The molecule has 0 bridgehead atoms. The standard InChI is InChI=1S/C15H23N3OS/c1-4-11(5-2)18(3)10-14(19)17-13-9-7-6-8-12(13)15(16)20/h6-9,11H,4-5,10H2,1-3H3,(H2,16,20)(H,17,19). The normalized spacial score (nSPS) is 10.8. The van der Waals surface area contributed by atoms with Gasteiger partial charge in [0.25, 0.3) is 0 Å². The van der Waals surface area contributed by atoms with Gasteiger partial charge in [0.05, 0.1) is 12.2 Å². The minimum Gasteiger partial charge on any atom is -0.389 e. The van der Waals surface area contributed by atoms with Crippen LogP contribution in [0, 0.1) is 0 Å². The molecule has 0 fully saturated rings. The summed E-state index contributed by atoms with van der Waals surface area (Å²) in [6, 6.07) is 7.74. The van der Waals surface area contributed by atoms with Crippen molar-refractivity contribution in [1.82, 2.24) is 4.90 Å². The molecule has 3 N–H and O–H groups in total. The number of likely N-dealkylation sites (N-methyl/N-ethyl adjacent to an activating group) is 1. The number of carbonyl (C=O) groups excluding carboxylic acids is 1. The van der Waals surface area contributed by atoms with Gasteiger partial charge >= 0.3 is 0 Å². The molecule has 5 heteroatoms. The largest absolute Gasteiger partial charge is 0.389 e. The molecule has 0 heterocycles. The van der Waals surface area contributed by atoms with Crippen LogP contribution in [0.2, 0.25) is 0 Å². The minimum absolute atomic E-state index is 0.0527. The van der Waals surface area contributed by atoms with E-state index in [1.54, 1.807) is 0 Å². The fraction of sp³-hybridized carbons (Fsp3) is 0.467. The summed E-state index contributed by atoms with van der Waals surface area (Å²) in [4.78, 5) is 14.5. The number of nitrogens with one attached hydrogen (secondary N) is 1. The average Bonchev–Trinajstić information content (AvgIpc) is 2.40. The number of carbonyl (C=O) groups is 1. The third-order valence-corrected chi connectivity index (χ3v) is 3.65. The number of rotatable bonds is 7. The van der Waals surface area contributed by atoms with Crippen molar-refractivity contribution in [3.63, 3.8) is 0 Å². The molecule has 0 aromatic heterocycles. The summed E-state index contributed by atoms with van der Waals surface area (Å²) in [6.07, 6.45) is 2.06. The molecule has 1 aromatic rings. The number of hydrogen-bond donors (Lipinski definition) is 2. The Bertz CT molecular complexity index is 472. The zero-order valence-corrected chi connectivity index (χ0v) is 13.2. The summed E-state index contributed by atoms with van der Waals surface area (Å²) in [5.41, 5.74) is 7.02. The van der Waals surface area contributed by atoms with Crippen molar-refractivity contribution in [2.45, 2.75) is 32.7 Å². The lowest BCUT2D eigenvalue weighted by Gasteiger charge is -2.25. The number of benzene rings is 1. The van der Waals surface area contributed by atoms with Gasteiger partial charge in [0.2, 0.25) is 5.91 Å². The van der Waals surface area contributed by atoms with Gasteiger partial charge in [-0.15, -0.1) is 0 Å². The molecule has 4 nitrogen and oxygen atoms in total. The van der Waals surface area contributed by atoms with Crippen LogP contribution < -0.4 is 11.1 Å². The highest BCUT2D eigenvalue weighted by Crippen LogP contribution is 2.15. The maximum Gasteiger partial charge on any atom is 0.238 e. The Morgan fingerprint density at radius 1 is 1.35 bits per heavy atom. The van der Waals surface area contributed by atoms with Crippen molar-refractivity contribution in [1.29, 1.82) is 0 Å². The third-order valence-electron chi connectivity index (χ3n) is 3.43. The number of para-hydroxylation sites is 1. The van der Waals surface area contributed by atoms with Crippen molar-refractivity contribution in [2.75, 3.05) is 18.9 Å². The van der Waals surface area contributed by atoms with Crippen molar-refractivity contribution >= 4 is 28.8 Å². The van der Waals surface area contributed by atoms with Gasteiger partial charge in [-0.2, -0.15) is 0 Å². The van der Waals surface area contributed by atoms with Gasteiger partial charge in [-0.1, -0.05) is 38.2 Å². The first kappa shape index (κ1) is 16.6. The van der Waals surface area contributed by atoms with E-state index in [1.165, 1.54) is 0 Å². The van der Waals surface area contributed by atoms with Crippen LogP contribution >= 0.6 is 12.2 Å². The van der Waals surface area contributed by atoms with Crippen molar-refractivity contribution in [3.8, 4) is 0 Å². The highest BCUT2D eigenvalue weighted by atomic mass is 32.1. The highest BCUT2D eigenvalue weighted by molar-refractivity contribution is 7.80. The lowest BCUT2D eigenvalue weighted by atomic mass is 10.1. The molecule has 0 saturated carbocycles. The predicted octanol–water partition coefficient (Wildman–Crippen LogP) is 2.38. The maximum atomic E-state index is 12.1. The summed E-state index contributed by atoms with van der Waals surface area (Å²) in [5, 5.41) is 2.88. The van der Waals surface area contributed by atoms with Gasteiger partial charge in [-0.25, -0.2) is 0 Å². The molecule has 0 radical (unpaired) electrons. The molecule has 1 rings (SSSR count). The molecule has 0 saturated heterocycles. The Morgan fingerprint density at radius 3 is 2.50 bits per heavy atom. The fourth-order valence-electron chi connectivity index (χ4n) is 2.26. The molecule has 0 aliphatic heterocycles. The number of thiocarbonyl (C=S) groups is 1. The molecule has 0 spiro atoms. The second kappa shape index (κ2) is 7.97. The summed E-state index contributed by atoms with van der Waals surface area (Å²) >= 11 is 4.99. The van der Waals surface area contributed by atoms with E-state index < -0.39 is 0 Å². The van der Waals surface area contributed by atoms with Crippen LogP contribution in [-0.2, 0) is 4.79 Å². The van der Waals surface area contributed by atoms with Crippen LogP contribution in [0.25, 0.3) is 0 Å². The summed E-state index contributed by atoms with van der Waals surface area (Å²) < 4.78 is 0. The van der Waals surface area contributed by atoms with Crippen molar-refractivity contribution < 1.29 is 4.79 Å². The van der Waals surface area contributed by atoms with Crippen LogP contribution in [0.1, 0.15) is 32.3 Å². The number of amides is 1. The topological polar surface area (TPSA) is 58.4 Å². The first-order valence-electron chi connectivity index (χ1n) is 6.88. The quantitative estimate of drug-likeness (QED) is 0.758. The number of nitrogens with two attached hydrogens (primary N) is 1. The zero-order valence-electron chi connectivity index (χ0n) is 12.3. The molecule has 20 heavy (non-hydrogen) atoms. The van der Waals surface area contributed by atoms with Crippen molar-refractivity contribution in [3.05, 3.63) is 29.8 Å². The van der Waals surface area contributed by atoms with Gasteiger partial charge < -0.3 is 11.1 Å². The molecule has 0 aliphatic rings. The Hall–Kier alpha value is -1.46. The third kappa shape index (κ3) is 4.58. The number of hydrogen-bond acceptors (Lipinski definition) is 3. The Kier molecular flexibility index (Phi) is 6.61. The van der Waals surface area contributed by atoms with E-state index in [0.717, 1.165) is 12.8 Å². The van der Waals surface area contributed by atoms with Gasteiger partial charge in [-0.05, 0) is 32.0 Å².